The van der Waals surface area contributed by atoms with Gasteiger partial charge in [0.15, 0.2) is 0 Å². The lowest BCUT2D eigenvalue weighted by molar-refractivity contribution is -0.528. The van der Waals surface area contributed by atoms with Gasteiger partial charge in [0, 0.05) is 11.3 Å². The van der Waals surface area contributed by atoms with E-state index in [2.05, 4.69) is 0 Å². The number of fused-ring (bicyclic) bond motifs is 1. The van der Waals surface area contributed by atoms with Crippen molar-refractivity contribution >= 4 is 0 Å². The Labute approximate surface area is 81.9 Å². The maximum Gasteiger partial charge on any atom is 0.232 e. The fourth-order valence-corrected chi connectivity index (χ4v) is 2.01. The van der Waals surface area contributed by atoms with Crippen molar-refractivity contribution in [2.24, 2.45) is 5.73 Å². The first kappa shape index (κ1) is 9.15. The van der Waals surface area contributed by atoms with Crippen molar-refractivity contribution in [2.75, 3.05) is 0 Å². The molecular formula is C10H12N2O2. The van der Waals surface area contributed by atoms with Crippen LogP contribution in [0.3, 0.4) is 0 Å². The molecule has 0 radical (unpaired) electrons. The number of benzene rings is 1. The van der Waals surface area contributed by atoms with Crippen molar-refractivity contribution in [3.63, 3.8) is 0 Å². The highest BCUT2D eigenvalue weighted by molar-refractivity contribution is 5.32. The van der Waals surface area contributed by atoms with E-state index >= 15 is 0 Å². The molecule has 0 spiro atoms. The molecule has 0 amide bonds. The number of rotatable bonds is 1. The second kappa shape index (κ2) is 3.38. The molecule has 0 bridgehead atoms. The Balaban J connectivity index is 2.36. The molecule has 0 aliphatic heterocycles. The van der Waals surface area contributed by atoms with Gasteiger partial charge in [-0.2, -0.15) is 0 Å². The molecule has 4 nitrogen and oxygen atoms in total. The van der Waals surface area contributed by atoms with Gasteiger partial charge in [0.1, 0.15) is 0 Å². The molecule has 1 aliphatic carbocycles. The minimum Gasteiger partial charge on any atom is -0.318 e. The van der Waals surface area contributed by atoms with Crippen LogP contribution in [0.25, 0.3) is 0 Å². The number of nitrogens with two attached hydrogens (primary N) is 1. The fourth-order valence-electron chi connectivity index (χ4n) is 2.01. The summed E-state index contributed by atoms with van der Waals surface area (Å²) < 4.78 is 0. The van der Waals surface area contributed by atoms with E-state index in [1.807, 2.05) is 24.3 Å². The largest absolute Gasteiger partial charge is 0.318 e. The highest BCUT2D eigenvalue weighted by Crippen LogP contribution is 2.29. The molecule has 0 saturated heterocycles. The third-order valence-corrected chi connectivity index (χ3v) is 2.81. The minimum atomic E-state index is -0.620. The lowest BCUT2D eigenvalue weighted by Crippen LogP contribution is -2.37. The van der Waals surface area contributed by atoms with Crippen LogP contribution in [0.5, 0.6) is 0 Å². The normalized spacial score (nSPS) is 25.5. The molecule has 2 atom stereocenters. The molecule has 0 fully saturated rings. The van der Waals surface area contributed by atoms with Crippen molar-refractivity contribution in [3.05, 3.63) is 45.5 Å². The van der Waals surface area contributed by atoms with Gasteiger partial charge in [0.05, 0.1) is 6.04 Å². The Hall–Kier alpha value is -1.42. The standard InChI is InChI=1S/C10H12N2O2/c11-10-8-4-2-1-3-7(8)5-6-9(10)12(13)14/h1-4,9-10H,5-6,11H2. The molecule has 1 aromatic carbocycles. The van der Waals surface area contributed by atoms with Crippen LogP contribution in [-0.2, 0) is 6.42 Å². The molecular weight excluding hydrogens is 180 g/mol. The summed E-state index contributed by atoms with van der Waals surface area (Å²) in [5, 5.41) is 10.7. The smallest absolute Gasteiger partial charge is 0.232 e. The summed E-state index contributed by atoms with van der Waals surface area (Å²) >= 11 is 0. The van der Waals surface area contributed by atoms with Crippen LogP contribution in [0.1, 0.15) is 23.6 Å². The van der Waals surface area contributed by atoms with Gasteiger partial charge in [-0.15, -0.1) is 0 Å². The van der Waals surface area contributed by atoms with Crippen molar-refractivity contribution in [2.45, 2.75) is 24.9 Å². The number of hydrogen-bond acceptors (Lipinski definition) is 3. The summed E-state index contributed by atoms with van der Waals surface area (Å²) in [6.07, 6.45) is 1.31. The van der Waals surface area contributed by atoms with Crippen LogP contribution < -0.4 is 5.73 Å². The summed E-state index contributed by atoms with van der Waals surface area (Å²) in [5.74, 6) is 0. The second-order valence-corrected chi connectivity index (χ2v) is 3.62. The zero-order valence-corrected chi connectivity index (χ0v) is 7.72. The Morgan fingerprint density at radius 2 is 2.14 bits per heavy atom. The minimum absolute atomic E-state index is 0.263. The Morgan fingerprint density at radius 3 is 2.86 bits per heavy atom. The number of nitrogens with zero attached hydrogens (tertiary/aromatic N) is 1. The van der Waals surface area contributed by atoms with Crippen LogP contribution >= 0.6 is 0 Å². The first-order valence-electron chi connectivity index (χ1n) is 4.67. The van der Waals surface area contributed by atoms with Crippen LogP contribution in [0, 0.1) is 10.1 Å². The summed E-state index contributed by atoms with van der Waals surface area (Å²) in [4.78, 5) is 10.4. The SMILES string of the molecule is NC1c2ccccc2CCC1[N+](=O)[O-]. The lowest BCUT2D eigenvalue weighted by atomic mass is 9.85. The second-order valence-electron chi connectivity index (χ2n) is 3.62. The third-order valence-electron chi connectivity index (χ3n) is 2.81. The zero-order chi connectivity index (χ0) is 10.1. The fraction of sp³-hybridized carbons (Fsp3) is 0.400. The van der Waals surface area contributed by atoms with Crippen LogP contribution in [0.4, 0.5) is 0 Å². The van der Waals surface area contributed by atoms with Crippen molar-refractivity contribution < 1.29 is 4.92 Å². The van der Waals surface area contributed by atoms with Gasteiger partial charge in [0.2, 0.25) is 6.04 Å². The maximum atomic E-state index is 10.7. The molecule has 14 heavy (non-hydrogen) atoms. The number of hydrogen-bond donors (Lipinski definition) is 1. The Morgan fingerprint density at radius 1 is 1.43 bits per heavy atom. The maximum absolute atomic E-state index is 10.7. The van der Waals surface area contributed by atoms with Gasteiger partial charge in [0.25, 0.3) is 0 Å². The van der Waals surface area contributed by atoms with Crippen LogP contribution in [0.2, 0.25) is 0 Å². The molecule has 2 rings (SSSR count). The molecule has 1 aromatic rings. The average Bonchev–Trinajstić information content (AvgIpc) is 2.18. The van der Waals surface area contributed by atoms with Gasteiger partial charge in [-0.25, -0.2) is 0 Å². The van der Waals surface area contributed by atoms with Crippen molar-refractivity contribution in [1.29, 1.82) is 0 Å². The molecule has 2 N–H and O–H groups in total. The molecule has 0 aromatic heterocycles. The van der Waals surface area contributed by atoms with Crippen LogP contribution in [-0.4, -0.2) is 11.0 Å². The van der Waals surface area contributed by atoms with E-state index < -0.39 is 12.1 Å². The summed E-state index contributed by atoms with van der Waals surface area (Å²) in [7, 11) is 0. The topological polar surface area (TPSA) is 69.2 Å². The van der Waals surface area contributed by atoms with Crippen LogP contribution in [0.15, 0.2) is 24.3 Å². The predicted octanol–water partition coefficient (Wildman–Crippen LogP) is 1.28. The zero-order valence-electron chi connectivity index (χ0n) is 7.72. The predicted molar refractivity (Wildman–Crippen MR) is 52.5 cm³/mol. The van der Waals surface area contributed by atoms with E-state index in [0.29, 0.717) is 6.42 Å². The highest BCUT2D eigenvalue weighted by Gasteiger charge is 2.34. The molecule has 74 valence electrons. The van der Waals surface area contributed by atoms with E-state index in [-0.39, 0.29) is 4.92 Å². The average molecular weight is 192 g/mol. The van der Waals surface area contributed by atoms with Gasteiger partial charge >= 0.3 is 0 Å². The first-order valence-corrected chi connectivity index (χ1v) is 4.67. The summed E-state index contributed by atoms with van der Waals surface area (Å²) in [6.45, 7) is 0. The van der Waals surface area contributed by atoms with Crippen molar-refractivity contribution in [3.8, 4) is 0 Å². The van der Waals surface area contributed by atoms with Gasteiger partial charge in [-0.05, 0) is 17.5 Å². The van der Waals surface area contributed by atoms with E-state index in [1.165, 1.54) is 0 Å². The number of aryl methyl sites for hydroxylation is 1. The summed E-state index contributed by atoms with van der Waals surface area (Å²) in [6, 6.07) is 6.62. The van der Waals surface area contributed by atoms with Crippen molar-refractivity contribution in [1.82, 2.24) is 0 Å². The Bertz CT molecular complexity index is 365. The van der Waals surface area contributed by atoms with Gasteiger partial charge < -0.3 is 5.73 Å². The van der Waals surface area contributed by atoms with E-state index in [0.717, 1.165) is 17.5 Å². The van der Waals surface area contributed by atoms with Gasteiger partial charge in [-0.3, -0.25) is 10.1 Å². The molecule has 0 saturated carbocycles. The Kier molecular flexibility index (Phi) is 2.21. The third kappa shape index (κ3) is 1.37. The quantitative estimate of drug-likeness (QED) is 0.538. The molecule has 0 heterocycles. The van der Waals surface area contributed by atoms with E-state index in [4.69, 9.17) is 5.73 Å². The number of nitro groups is 1. The molecule has 2 unspecified atom stereocenters. The van der Waals surface area contributed by atoms with E-state index in [1.54, 1.807) is 0 Å². The van der Waals surface area contributed by atoms with Gasteiger partial charge in [-0.1, -0.05) is 24.3 Å². The van der Waals surface area contributed by atoms with E-state index in [9.17, 15) is 10.1 Å². The first-order chi connectivity index (χ1) is 6.70. The lowest BCUT2D eigenvalue weighted by Gasteiger charge is -2.24. The summed E-state index contributed by atoms with van der Waals surface area (Å²) in [5.41, 5.74) is 7.93. The monoisotopic (exact) mass is 192 g/mol. The molecule has 4 heteroatoms. The highest BCUT2D eigenvalue weighted by atomic mass is 16.6. The molecule has 1 aliphatic rings.